The van der Waals surface area contributed by atoms with E-state index in [-0.39, 0.29) is 18.5 Å². The van der Waals surface area contributed by atoms with Gasteiger partial charge in [-0.05, 0) is 96.3 Å². The highest BCUT2D eigenvalue weighted by Crippen LogP contribution is 2.14. The molecule has 366 valence electrons. The van der Waals surface area contributed by atoms with Crippen molar-refractivity contribution in [1.82, 2.24) is 5.32 Å². The summed E-state index contributed by atoms with van der Waals surface area (Å²) in [6.07, 6.45) is 66.6. The molecule has 1 amide bonds. The maximum atomic E-state index is 12.4. The number of carbonyl (C=O) groups excluding carboxylic acids is 2. The summed E-state index contributed by atoms with van der Waals surface area (Å²) in [6.45, 7) is 4.81. The number of aliphatic hydroxyl groups excluding tert-OH is 2. The maximum Gasteiger partial charge on any atom is 0.305 e. The Morgan fingerprint density at radius 3 is 1.32 bits per heavy atom. The van der Waals surface area contributed by atoms with Crippen LogP contribution in [-0.4, -0.2) is 47.4 Å². The van der Waals surface area contributed by atoms with Crippen LogP contribution in [0.1, 0.15) is 264 Å². The van der Waals surface area contributed by atoms with Gasteiger partial charge in [0.25, 0.3) is 0 Å². The second kappa shape index (κ2) is 52.2. The molecule has 0 fully saturated rings. The van der Waals surface area contributed by atoms with Crippen LogP contribution >= 0.6 is 0 Å². The van der Waals surface area contributed by atoms with Crippen molar-refractivity contribution in [2.45, 2.75) is 276 Å². The van der Waals surface area contributed by atoms with Crippen molar-refractivity contribution >= 4 is 11.9 Å². The number of esters is 1. The number of unbranched alkanes of at least 4 members (excludes halogenated alkanes) is 31. The van der Waals surface area contributed by atoms with Crippen molar-refractivity contribution < 1.29 is 24.5 Å². The average molecular weight is 882 g/mol. The van der Waals surface area contributed by atoms with Gasteiger partial charge in [0.05, 0.1) is 25.4 Å². The van der Waals surface area contributed by atoms with Gasteiger partial charge in [-0.3, -0.25) is 9.59 Å². The van der Waals surface area contributed by atoms with E-state index in [1.165, 1.54) is 148 Å². The van der Waals surface area contributed by atoms with Crippen molar-refractivity contribution in [2.75, 3.05) is 13.2 Å². The zero-order valence-corrected chi connectivity index (χ0v) is 41.5. The summed E-state index contributed by atoms with van der Waals surface area (Å²) in [5.41, 5.74) is 0. The first kappa shape index (κ1) is 60.6. The molecule has 63 heavy (non-hydrogen) atoms. The van der Waals surface area contributed by atoms with Gasteiger partial charge in [-0.1, -0.05) is 216 Å². The molecule has 6 nitrogen and oxygen atoms in total. The zero-order valence-electron chi connectivity index (χ0n) is 41.5. The molecule has 0 aromatic carbocycles. The minimum Gasteiger partial charge on any atom is -0.466 e. The van der Waals surface area contributed by atoms with Gasteiger partial charge in [-0.15, -0.1) is 0 Å². The Labute approximate surface area is 390 Å². The average Bonchev–Trinajstić information content (AvgIpc) is 3.28. The lowest BCUT2D eigenvalue weighted by molar-refractivity contribution is -0.143. The Hall–Kier alpha value is -2.44. The fourth-order valence-electron chi connectivity index (χ4n) is 7.83. The number of carbonyl (C=O) groups is 2. The number of hydrogen-bond acceptors (Lipinski definition) is 5. The minimum absolute atomic E-state index is 0.0288. The van der Waals surface area contributed by atoms with Crippen molar-refractivity contribution in [3.8, 4) is 0 Å². The third kappa shape index (κ3) is 48.8. The van der Waals surface area contributed by atoms with Gasteiger partial charge in [0.1, 0.15) is 0 Å². The first-order valence-electron chi connectivity index (χ1n) is 27.1. The predicted octanol–water partition coefficient (Wildman–Crippen LogP) is 16.4. The van der Waals surface area contributed by atoms with E-state index in [1.54, 1.807) is 6.08 Å². The van der Waals surface area contributed by atoms with Gasteiger partial charge < -0.3 is 20.3 Å². The first-order valence-corrected chi connectivity index (χ1v) is 27.1. The van der Waals surface area contributed by atoms with E-state index >= 15 is 0 Å². The molecule has 0 bridgehead atoms. The van der Waals surface area contributed by atoms with Crippen LogP contribution in [0.25, 0.3) is 0 Å². The van der Waals surface area contributed by atoms with Gasteiger partial charge in [0.15, 0.2) is 0 Å². The van der Waals surface area contributed by atoms with Crippen LogP contribution in [-0.2, 0) is 14.3 Å². The number of hydrogen-bond donors (Lipinski definition) is 3. The van der Waals surface area contributed by atoms with E-state index in [0.717, 1.165) is 89.9 Å². The summed E-state index contributed by atoms with van der Waals surface area (Å²) < 4.78 is 5.44. The molecule has 0 saturated carbocycles. The van der Waals surface area contributed by atoms with Gasteiger partial charge in [-0.25, -0.2) is 0 Å². The Bertz CT molecular complexity index is 1110. The standard InChI is InChI=1S/C57H103NO5/c1-3-5-7-9-11-13-15-16-17-24-27-31-35-39-43-47-51-57(62)63-52-48-44-40-36-32-28-25-22-20-18-19-21-23-26-30-34-38-42-46-50-56(61)58-54(53-59)55(60)49-45-41-37-33-29-14-12-10-8-6-4-2/h13,15,17,22,24-25,28,32,45,49,54-55,59-60H,3-12,14,16,18-21,23,26-27,29-31,33-44,46-48,50-53H2,1-2H3,(H,58,61)/b15-13-,24-17-,25-22-,32-28-,49-45+. The topological polar surface area (TPSA) is 95.9 Å². The van der Waals surface area contributed by atoms with E-state index in [1.807, 2.05) is 6.08 Å². The zero-order chi connectivity index (χ0) is 45.8. The van der Waals surface area contributed by atoms with Crippen LogP contribution in [0.4, 0.5) is 0 Å². The summed E-state index contributed by atoms with van der Waals surface area (Å²) in [6, 6.07) is -0.636. The summed E-state index contributed by atoms with van der Waals surface area (Å²) in [7, 11) is 0. The fraction of sp³-hybridized carbons (Fsp3) is 0.789. The molecular weight excluding hydrogens is 779 g/mol. The highest BCUT2D eigenvalue weighted by Gasteiger charge is 2.18. The molecule has 3 N–H and O–H groups in total. The lowest BCUT2D eigenvalue weighted by Crippen LogP contribution is -2.45. The van der Waals surface area contributed by atoms with Crippen molar-refractivity contribution in [3.05, 3.63) is 60.8 Å². The second-order valence-corrected chi connectivity index (χ2v) is 18.2. The molecule has 0 aromatic rings. The molecule has 0 spiro atoms. The Balaban J connectivity index is 3.51. The lowest BCUT2D eigenvalue weighted by atomic mass is 10.0. The third-order valence-electron chi connectivity index (χ3n) is 12.0. The lowest BCUT2D eigenvalue weighted by Gasteiger charge is -2.20. The molecule has 6 heteroatoms. The summed E-state index contributed by atoms with van der Waals surface area (Å²) in [4.78, 5) is 24.4. The number of nitrogens with one attached hydrogen (secondary N) is 1. The number of allylic oxidation sites excluding steroid dienone is 9. The van der Waals surface area contributed by atoms with Crippen molar-refractivity contribution in [1.29, 1.82) is 0 Å². The molecule has 0 aromatic heterocycles. The van der Waals surface area contributed by atoms with Crippen molar-refractivity contribution in [3.63, 3.8) is 0 Å². The fourth-order valence-corrected chi connectivity index (χ4v) is 7.83. The second-order valence-electron chi connectivity index (χ2n) is 18.2. The predicted molar refractivity (Wildman–Crippen MR) is 273 cm³/mol. The Morgan fingerprint density at radius 2 is 0.841 bits per heavy atom. The highest BCUT2D eigenvalue weighted by molar-refractivity contribution is 5.76. The number of ether oxygens (including phenoxy) is 1. The monoisotopic (exact) mass is 882 g/mol. The Morgan fingerprint density at radius 1 is 0.460 bits per heavy atom. The highest BCUT2D eigenvalue weighted by atomic mass is 16.5. The summed E-state index contributed by atoms with van der Waals surface area (Å²) in [5, 5.41) is 23.0. The third-order valence-corrected chi connectivity index (χ3v) is 12.0. The molecule has 0 aliphatic carbocycles. The molecule has 2 unspecified atom stereocenters. The molecule has 2 atom stereocenters. The first-order chi connectivity index (χ1) is 31.0. The minimum atomic E-state index is -0.851. The van der Waals surface area contributed by atoms with Crippen LogP contribution in [0, 0.1) is 0 Å². The SMILES string of the molecule is CCCCCC/C=C\C/C=C\CCCCCCCC(=O)OCCCCC/C=C\C=C/CCCCCCCCCCCCC(=O)NC(CO)C(O)/C=C/CCCCCCCCCCC. The molecule has 0 radical (unpaired) electrons. The number of amides is 1. The molecule has 0 aliphatic rings. The largest absolute Gasteiger partial charge is 0.466 e. The van der Waals surface area contributed by atoms with Crippen LogP contribution in [0.2, 0.25) is 0 Å². The normalized spacial score (nSPS) is 13.1. The van der Waals surface area contributed by atoms with Crippen LogP contribution in [0.3, 0.4) is 0 Å². The van der Waals surface area contributed by atoms with E-state index in [0.29, 0.717) is 19.4 Å². The van der Waals surface area contributed by atoms with E-state index < -0.39 is 12.1 Å². The summed E-state index contributed by atoms with van der Waals surface area (Å²) >= 11 is 0. The Kier molecular flexibility index (Phi) is 50.2. The van der Waals surface area contributed by atoms with E-state index in [4.69, 9.17) is 4.74 Å². The number of aliphatic hydroxyl groups is 2. The van der Waals surface area contributed by atoms with E-state index in [9.17, 15) is 19.8 Å². The molecule has 0 heterocycles. The summed E-state index contributed by atoms with van der Waals surface area (Å²) in [5.74, 6) is -0.110. The van der Waals surface area contributed by atoms with Crippen LogP contribution in [0.5, 0.6) is 0 Å². The van der Waals surface area contributed by atoms with Gasteiger partial charge in [0.2, 0.25) is 5.91 Å². The quantitative estimate of drug-likeness (QED) is 0.0245. The molecular formula is C57H103NO5. The number of rotatable bonds is 49. The van der Waals surface area contributed by atoms with Crippen LogP contribution < -0.4 is 5.32 Å². The van der Waals surface area contributed by atoms with Crippen LogP contribution in [0.15, 0.2) is 60.8 Å². The van der Waals surface area contributed by atoms with Gasteiger partial charge in [-0.2, -0.15) is 0 Å². The molecule has 0 aliphatic heterocycles. The molecule has 0 rings (SSSR count). The van der Waals surface area contributed by atoms with Gasteiger partial charge >= 0.3 is 5.97 Å². The molecule has 0 saturated heterocycles. The maximum absolute atomic E-state index is 12.4. The smallest absolute Gasteiger partial charge is 0.305 e. The van der Waals surface area contributed by atoms with E-state index in [2.05, 4.69) is 67.8 Å². The van der Waals surface area contributed by atoms with Gasteiger partial charge in [0, 0.05) is 12.8 Å². The van der Waals surface area contributed by atoms with Crippen molar-refractivity contribution in [2.24, 2.45) is 0 Å².